The maximum absolute atomic E-state index is 4.20. The van der Waals surface area contributed by atoms with Crippen molar-refractivity contribution in [3.05, 3.63) is 29.8 Å². The van der Waals surface area contributed by atoms with E-state index in [0.717, 1.165) is 4.90 Å². The first-order chi connectivity index (χ1) is 3.80. The average molecular weight is 144 g/mol. The lowest BCUT2D eigenvalue weighted by molar-refractivity contribution is 1.11. The zero-order valence-electron chi connectivity index (χ0n) is 5.16. The smallest absolute Gasteiger partial charge is 0.00692 e. The molecule has 0 fully saturated rings. The molecule has 9 heavy (non-hydrogen) atoms. The summed E-state index contributed by atoms with van der Waals surface area (Å²) in [7, 11) is 0. The van der Waals surface area contributed by atoms with Gasteiger partial charge in [0.25, 0.3) is 0 Å². The molecule has 1 aromatic rings. The van der Waals surface area contributed by atoms with Crippen LogP contribution >= 0.6 is 12.6 Å². The average Bonchev–Trinajstić information content (AvgIpc) is 1.77. The van der Waals surface area contributed by atoms with E-state index in [1.54, 1.807) is 0 Å². The molecular formula is C7H9FS. The lowest BCUT2D eigenvalue weighted by Gasteiger charge is -1.92. The van der Waals surface area contributed by atoms with Gasteiger partial charge in [-0.1, -0.05) is 18.2 Å². The standard InChI is InChI=1S/C7H8S.FH/c1-6-4-2-3-5-7(6)8;/h2-5,8H,1H3;1H. The summed E-state index contributed by atoms with van der Waals surface area (Å²) in [6, 6.07) is 8.02. The van der Waals surface area contributed by atoms with Crippen LogP contribution in [0.4, 0.5) is 4.70 Å². The first-order valence-electron chi connectivity index (χ1n) is 2.55. The van der Waals surface area contributed by atoms with Crippen LogP contribution in [0.3, 0.4) is 0 Å². The van der Waals surface area contributed by atoms with Crippen LogP contribution in [0, 0.1) is 6.92 Å². The molecule has 0 nitrogen and oxygen atoms in total. The maximum atomic E-state index is 4.20. The molecule has 0 unspecified atom stereocenters. The molecule has 2 heteroatoms. The number of benzene rings is 1. The molecule has 50 valence electrons. The summed E-state index contributed by atoms with van der Waals surface area (Å²) in [5.74, 6) is 0. The minimum atomic E-state index is 0. The lowest BCUT2D eigenvalue weighted by atomic mass is 10.2. The summed E-state index contributed by atoms with van der Waals surface area (Å²) in [4.78, 5) is 1.06. The molecule has 0 spiro atoms. The molecular weight excluding hydrogens is 135 g/mol. The van der Waals surface area contributed by atoms with Gasteiger partial charge >= 0.3 is 0 Å². The maximum Gasteiger partial charge on any atom is 0.00692 e. The second-order valence-corrected chi connectivity index (χ2v) is 2.27. The predicted molar refractivity (Wildman–Crippen MR) is 40.9 cm³/mol. The second-order valence-electron chi connectivity index (χ2n) is 1.79. The molecule has 0 aliphatic rings. The van der Waals surface area contributed by atoms with Crippen molar-refractivity contribution in [1.82, 2.24) is 0 Å². The number of thiol groups is 1. The Kier molecular flexibility index (Phi) is 3.32. The van der Waals surface area contributed by atoms with Crippen molar-refractivity contribution in [2.45, 2.75) is 11.8 Å². The van der Waals surface area contributed by atoms with Crippen LogP contribution in [0.25, 0.3) is 0 Å². The fourth-order valence-electron chi connectivity index (χ4n) is 0.563. The van der Waals surface area contributed by atoms with Crippen molar-refractivity contribution < 1.29 is 4.70 Å². The topological polar surface area (TPSA) is 0 Å². The SMILES string of the molecule is Cc1ccccc1S.F. The normalized spacial score (nSPS) is 8.22. The molecule has 0 saturated heterocycles. The zero-order valence-corrected chi connectivity index (χ0v) is 6.06. The van der Waals surface area contributed by atoms with Crippen molar-refractivity contribution in [2.24, 2.45) is 0 Å². The van der Waals surface area contributed by atoms with Crippen molar-refractivity contribution in [1.29, 1.82) is 0 Å². The van der Waals surface area contributed by atoms with Crippen molar-refractivity contribution >= 4 is 12.6 Å². The molecule has 0 heterocycles. The van der Waals surface area contributed by atoms with E-state index in [1.807, 2.05) is 31.2 Å². The molecule has 0 aliphatic carbocycles. The third kappa shape index (κ3) is 2.06. The highest BCUT2D eigenvalue weighted by atomic mass is 32.1. The van der Waals surface area contributed by atoms with Crippen molar-refractivity contribution in [2.75, 3.05) is 0 Å². The molecule has 0 bridgehead atoms. The van der Waals surface area contributed by atoms with Crippen LogP contribution in [0.1, 0.15) is 5.56 Å². The Morgan fingerprint density at radius 3 is 2.11 bits per heavy atom. The van der Waals surface area contributed by atoms with E-state index in [1.165, 1.54) is 5.56 Å². The Morgan fingerprint density at radius 2 is 1.78 bits per heavy atom. The number of hydrogen-bond donors (Lipinski definition) is 1. The largest absolute Gasteiger partial charge is 0.269 e. The number of halogens is 1. The molecule has 0 N–H and O–H groups in total. The zero-order chi connectivity index (χ0) is 5.98. The Morgan fingerprint density at radius 1 is 1.22 bits per heavy atom. The van der Waals surface area contributed by atoms with Gasteiger partial charge in [-0.15, -0.1) is 12.6 Å². The highest BCUT2D eigenvalue weighted by molar-refractivity contribution is 7.80. The highest BCUT2D eigenvalue weighted by Gasteiger charge is 1.84. The fraction of sp³-hybridized carbons (Fsp3) is 0.143. The van der Waals surface area contributed by atoms with E-state index >= 15 is 0 Å². The van der Waals surface area contributed by atoms with Crippen LogP contribution in [0.2, 0.25) is 0 Å². The van der Waals surface area contributed by atoms with E-state index < -0.39 is 0 Å². The number of hydrogen-bond acceptors (Lipinski definition) is 1. The van der Waals surface area contributed by atoms with Gasteiger partial charge in [-0.05, 0) is 18.6 Å². The summed E-state index contributed by atoms with van der Waals surface area (Å²) < 4.78 is 0. The number of rotatable bonds is 0. The second kappa shape index (κ2) is 3.51. The van der Waals surface area contributed by atoms with E-state index in [9.17, 15) is 0 Å². The van der Waals surface area contributed by atoms with E-state index in [2.05, 4.69) is 12.6 Å². The Hall–Kier alpha value is -0.500. The van der Waals surface area contributed by atoms with Crippen LogP contribution in [-0.2, 0) is 0 Å². The van der Waals surface area contributed by atoms with Crippen LogP contribution in [-0.4, -0.2) is 0 Å². The van der Waals surface area contributed by atoms with Crippen LogP contribution in [0.15, 0.2) is 29.2 Å². The molecule has 0 saturated carbocycles. The van der Waals surface area contributed by atoms with Gasteiger partial charge in [0, 0.05) is 4.90 Å². The Bertz CT molecular complexity index is 165. The van der Waals surface area contributed by atoms with Gasteiger partial charge in [0.1, 0.15) is 0 Å². The third-order valence-corrected chi connectivity index (χ3v) is 1.62. The fourth-order valence-corrected chi connectivity index (χ4v) is 0.724. The predicted octanol–water partition coefficient (Wildman–Crippen LogP) is 2.44. The molecule has 1 aromatic carbocycles. The molecule has 0 amide bonds. The number of aryl methyl sites for hydroxylation is 1. The highest BCUT2D eigenvalue weighted by Crippen LogP contribution is 2.09. The van der Waals surface area contributed by atoms with Crippen molar-refractivity contribution in [3.8, 4) is 0 Å². The summed E-state index contributed by atoms with van der Waals surface area (Å²) in [5, 5.41) is 0. The van der Waals surface area contributed by atoms with E-state index in [-0.39, 0.29) is 4.70 Å². The van der Waals surface area contributed by atoms with Crippen LogP contribution in [0.5, 0.6) is 0 Å². The Balaban J connectivity index is 0.000000640. The van der Waals surface area contributed by atoms with Gasteiger partial charge in [0.2, 0.25) is 0 Å². The van der Waals surface area contributed by atoms with E-state index in [4.69, 9.17) is 0 Å². The summed E-state index contributed by atoms with van der Waals surface area (Å²) in [6.45, 7) is 2.04. The minimum Gasteiger partial charge on any atom is -0.269 e. The first kappa shape index (κ1) is 8.50. The van der Waals surface area contributed by atoms with Crippen molar-refractivity contribution in [3.63, 3.8) is 0 Å². The monoisotopic (exact) mass is 144 g/mol. The van der Waals surface area contributed by atoms with Gasteiger partial charge in [-0.25, -0.2) is 0 Å². The summed E-state index contributed by atoms with van der Waals surface area (Å²) in [6.07, 6.45) is 0. The van der Waals surface area contributed by atoms with Crippen LogP contribution < -0.4 is 0 Å². The molecule has 0 aliphatic heterocycles. The first-order valence-corrected chi connectivity index (χ1v) is 3.00. The molecule has 0 radical (unpaired) electrons. The summed E-state index contributed by atoms with van der Waals surface area (Å²) >= 11 is 4.20. The summed E-state index contributed by atoms with van der Waals surface area (Å²) in [5.41, 5.74) is 1.23. The van der Waals surface area contributed by atoms with Gasteiger partial charge in [0.05, 0.1) is 0 Å². The third-order valence-electron chi connectivity index (χ3n) is 1.12. The molecule has 0 atom stereocenters. The minimum absolute atomic E-state index is 0. The molecule has 0 aromatic heterocycles. The lowest BCUT2D eigenvalue weighted by Crippen LogP contribution is -1.70. The van der Waals surface area contributed by atoms with Gasteiger partial charge in [-0.2, -0.15) is 0 Å². The quantitative estimate of drug-likeness (QED) is 0.531. The van der Waals surface area contributed by atoms with Gasteiger partial charge in [-0.3, -0.25) is 4.70 Å². The Labute approximate surface area is 59.7 Å². The van der Waals surface area contributed by atoms with Gasteiger partial charge < -0.3 is 0 Å². The molecule has 1 rings (SSSR count). The van der Waals surface area contributed by atoms with Gasteiger partial charge in [0.15, 0.2) is 0 Å². The van der Waals surface area contributed by atoms with E-state index in [0.29, 0.717) is 0 Å².